The summed E-state index contributed by atoms with van der Waals surface area (Å²) in [5.41, 5.74) is 13.2. The maximum atomic E-state index is 6.91. The number of nitrogens with zero attached hydrogens (tertiary/aromatic N) is 1. The van der Waals surface area contributed by atoms with E-state index in [1.165, 1.54) is 71.4 Å². The molecule has 0 aromatic heterocycles. The molecule has 54 heavy (non-hydrogen) atoms. The molecule has 3 heteroatoms. The summed E-state index contributed by atoms with van der Waals surface area (Å²) in [7, 11) is 0. The minimum atomic E-state index is -0.439. The lowest BCUT2D eigenvalue weighted by atomic mass is 9.70. The summed E-state index contributed by atoms with van der Waals surface area (Å²) in [4.78, 5) is 2.44. The highest BCUT2D eigenvalue weighted by molar-refractivity contribution is 6.00. The molecule has 0 unspecified atom stereocenters. The van der Waals surface area contributed by atoms with Crippen molar-refractivity contribution in [3.63, 3.8) is 0 Å². The Bertz CT molecular complexity index is 2980. The van der Waals surface area contributed by atoms with Crippen molar-refractivity contribution in [3.05, 3.63) is 203 Å². The van der Waals surface area contributed by atoms with Gasteiger partial charge < -0.3 is 14.4 Å². The zero-order valence-corrected chi connectivity index (χ0v) is 29.4. The van der Waals surface area contributed by atoms with E-state index >= 15 is 0 Å². The number of benzene rings is 8. The third-order valence-corrected chi connectivity index (χ3v) is 12.0. The molecule has 3 nitrogen and oxygen atoms in total. The van der Waals surface area contributed by atoms with Gasteiger partial charge in [-0.05, 0) is 98.3 Å². The van der Waals surface area contributed by atoms with Gasteiger partial charge in [0, 0.05) is 28.1 Å². The van der Waals surface area contributed by atoms with Crippen molar-refractivity contribution in [1.29, 1.82) is 0 Å². The maximum absolute atomic E-state index is 6.91. The van der Waals surface area contributed by atoms with Crippen LogP contribution in [0.5, 0.6) is 23.0 Å². The van der Waals surface area contributed by atoms with Gasteiger partial charge in [-0.2, -0.15) is 0 Å². The molecular weight excluding hydrogens is 659 g/mol. The van der Waals surface area contributed by atoms with Gasteiger partial charge in [0.05, 0.1) is 11.1 Å². The SMILES string of the molecule is C1=c2ccccc2=C(N(c2ccc3c(c2)Oc2cc4c(cc2O3)C2(c3ccccc3-c3ccccc32)c2ccccc2-4)c2cccc3ccccc23)CC1. The number of ether oxygens (including phenoxy) is 2. The zero-order valence-electron chi connectivity index (χ0n) is 29.4. The van der Waals surface area contributed by atoms with Crippen LogP contribution in [0, 0.1) is 0 Å². The molecule has 0 amide bonds. The molecule has 0 N–H and O–H groups in total. The van der Waals surface area contributed by atoms with E-state index in [0.717, 1.165) is 35.7 Å². The lowest BCUT2D eigenvalue weighted by Crippen LogP contribution is -2.35. The molecule has 3 aliphatic carbocycles. The Hall–Kier alpha value is -6.84. The number of hydrogen-bond donors (Lipinski definition) is 0. The Morgan fingerprint density at radius 3 is 1.87 bits per heavy atom. The largest absolute Gasteiger partial charge is 0.449 e. The molecule has 0 saturated carbocycles. The molecule has 0 fully saturated rings. The number of hydrogen-bond acceptors (Lipinski definition) is 3. The van der Waals surface area contributed by atoms with Crippen LogP contribution in [0.25, 0.3) is 44.8 Å². The van der Waals surface area contributed by atoms with Gasteiger partial charge in [0.15, 0.2) is 23.0 Å². The Kier molecular flexibility index (Phi) is 6.10. The summed E-state index contributed by atoms with van der Waals surface area (Å²) < 4.78 is 13.7. The van der Waals surface area contributed by atoms with Crippen molar-refractivity contribution < 1.29 is 9.47 Å². The van der Waals surface area contributed by atoms with Gasteiger partial charge in [-0.3, -0.25) is 0 Å². The molecule has 0 atom stereocenters. The molecule has 12 rings (SSSR count). The molecule has 4 aliphatic rings. The Morgan fingerprint density at radius 1 is 0.463 bits per heavy atom. The van der Waals surface area contributed by atoms with Gasteiger partial charge in [-0.1, -0.05) is 140 Å². The van der Waals surface area contributed by atoms with Crippen LogP contribution in [0.3, 0.4) is 0 Å². The number of fused-ring (bicyclic) bond motifs is 14. The van der Waals surface area contributed by atoms with Crippen molar-refractivity contribution >= 4 is 33.9 Å². The summed E-state index contributed by atoms with van der Waals surface area (Å²) in [5, 5.41) is 4.95. The highest BCUT2D eigenvalue weighted by atomic mass is 16.6. The molecule has 1 heterocycles. The van der Waals surface area contributed by atoms with Crippen LogP contribution in [0.2, 0.25) is 0 Å². The van der Waals surface area contributed by atoms with E-state index in [0.29, 0.717) is 11.5 Å². The van der Waals surface area contributed by atoms with Gasteiger partial charge in [-0.15, -0.1) is 0 Å². The van der Waals surface area contributed by atoms with Crippen LogP contribution in [0.1, 0.15) is 35.1 Å². The van der Waals surface area contributed by atoms with Crippen molar-refractivity contribution in [2.24, 2.45) is 0 Å². The van der Waals surface area contributed by atoms with Crippen molar-refractivity contribution in [2.75, 3.05) is 4.90 Å². The fraction of sp³-hybridized carbons (Fsp3) is 0.0588. The lowest BCUT2D eigenvalue weighted by molar-refractivity contribution is 0.359. The smallest absolute Gasteiger partial charge is 0.172 e. The van der Waals surface area contributed by atoms with Crippen molar-refractivity contribution in [3.8, 4) is 45.3 Å². The van der Waals surface area contributed by atoms with E-state index in [1.807, 2.05) is 0 Å². The molecule has 1 spiro atoms. The van der Waals surface area contributed by atoms with E-state index in [4.69, 9.17) is 9.47 Å². The Morgan fingerprint density at radius 2 is 1.07 bits per heavy atom. The molecule has 8 aromatic carbocycles. The van der Waals surface area contributed by atoms with Gasteiger partial charge in [0.1, 0.15) is 0 Å². The van der Waals surface area contributed by atoms with Gasteiger partial charge in [0.25, 0.3) is 0 Å². The standard InChI is InChI=1S/C51H33NO2/c1-3-17-35-32(13-1)15-11-25-45(35)52(46-26-12-16-33-14-2-4-18-36(33)46)34-27-28-47-48(29-34)54-49-30-40-39-21-7-10-24-43(39)51(44(40)31-50(49)53-47)41-22-8-5-19-37(41)38-20-6-9-23-42(38)51/h1-11,13-25,27-31H,12,26H2. The van der Waals surface area contributed by atoms with Crippen LogP contribution in [0.15, 0.2) is 170 Å². The normalized spacial score (nSPS) is 14.7. The highest BCUT2D eigenvalue weighted by Gasteiger charge is 2.52. The predicted octanol–water partition coefficient (Wildman–Crippen LogP) is 11.6. The summed E-state index contributed by atoms with van der Waals surface area (Å²) in [6.07, 6.45) is 4.26. The van der Waals surface area contributed by atoms with Crippen LogP contribution in [-0.2, 0) is 5.41 Å². The van der Waals surface area contributed by atoms with Gasteiger partial charge >= 0.3 is 0 Å². The number of anilines is 2. The monoisotopic (exact) mass is 691 g/mol. The third-order valence-electron chi connectivity index (χ3n) is 12.0. The summed E-state index contributed by atoms with van der Waals surface area (Å²) in [6.45, 7) is 0. The topological polar surface area (TPSA) is 21.7 Å². The summed E-state index contributed by atoms with van der Waals surface area (Å²) >= 11 is 0. The first-order valence-electron chi connectivity index (χ1n) is 18.8. The van der Waals surface area contributed by atoms with E-state index in [1.54, 1.807) is 0 Å². The fourth-order valence-corrected chi connectivity index (χ4v) is 9.81. The molecule has 0 radical (unpaired) electrons. The molecular formula is C51H33NO2. The Balaban J connectivity index is 1.03. The molecule has 1 aliphatic heterocycles. The molecule has 0 saturated heterocycles. The van der Waals surface area contributed by atoms with Crippen molar-refractivity contribution in [2.45, 2.75) is 18.3 Å². The summed E-state index contributed by atoms with van der Waals surface area (Å²) in [5.74, 6) is 2.88. The van der Waals surface area contributed by atoms with Crippen LogP contribution < -0.4 is 24.8 Å². The minimum Gasteiger partial charge on any atom is -0.449 e. The first-order valence-corrected chi connectivity index (χ1v) is 18.8. The van der Waals surface area contributed by atoms with Gasteiger partial charge in [0.2, 0.25) is 0 Å². The molecule has 0 bridgehead atoms. The van der Waals surface area contributed by atoms with E-state index in [2.05, 4.69) is 181 Å². The average Bonchev–Trinajstić information content (AvgIpc) is 3.69. The number of rotatable bonds is 3. The van der Waals surface area contributed by atoms with E-state index < -0.39 is 5.41 Å². The third kappa shape index (κ3) is 3.96. The molecule has 254 valence electrons. The second-order valence-corrected chi connectivity index (χ2v) is 14.7. The fourth-order valence-electron chi connectivity index (χ4n) is 9.81. The van der Waals surface area contributed by atoms with Crippen LogP contribution in [0.4, 0.5) is 11.4 Å². The Labute approximate surface area is 313 Å². The zero-order chi connectivity index (χ0) is 35.4. The second-order valence-electron chi connectivity index (χ2n) is 14.7. The van der Waals surface area contributed by atoms with E-state index in [9.17, 15) is 0 Å². The highest BCUT2D eigenvalue weighted by Crippen LogP contribution is 2.64. The summed E-state index contributed by atoms with van der Waals surface area (Å²) in [6, 6.07) is 61.5. The van der Waals surface area contributed by atoms with Crippen molar-refractivity contribution in [1.82, 2.24) is 0 Å². The second kappa shape index (κ2) is 11.1. The van der Waals surface area contributed by atoms with Crippen LogP contribution in [-0.4, -0.2) is 0 Å². The molecule has 8 aromatic rings. The predicted molar refractivity (Wildman–Crippen MR) is 218 cm³/mol. The first kappa shape index (κ1) is 29.7. The van der Waals surface area contributed by atoms with E-state index in [-0.39, 0.29) is 0 Å². The lowest BCUT2D eigenvalue weighted by Gasteiger charge is -2.32. The average molecular weight is 692 g/mol. The minimum absolute atomic E-state index is 0.439. The van der Waals surface area contributed by atoms with Gasteiger partial charge in [-0.25, -0.2) is 0 Å². The van der Waals surface area contributed by atoms with Crippen LogP contribution >= 0.6 is 0 Å². The first-order chi connectivity index (χ1) is 26.8. The maximum Gasteiger partial charge on any atom is 0.172 e. The quantitative estimate of drug-likeness (QED) is 0.184.